The molecule has 4 heteroatoms. The molecule has 0 bridgehead atoms. The average Bonchev–Trinajstić information content (AvgIpc) is 2.93. The van der Waals surface area contributed by atoms with Crippen LogP contribution in [-0.4, -0.2) is 49.2 Å². The maximum Gasteiger partial charge on any atom is 0.0833 e. The molecule has 2 saturated heterocycles. The second-order valence-corrected chi connectivity index (χ2v) is 6.44. The normalized spacial score (nSPS) is 23.5. The lowest BCUT2D eigenvalue weighted by Crippen LogP contribution is -2.41. The highest BCUT2D eigenvalue weighted by Crippen LogP contribution is 2.22. The fourth-order valence-corrected chi connectivity index (χ4v) is 3.57. The zero-order valence-corrected chi connectivity index (χ0v) is 13.1. The second kappa shape index (κ2) is 7.63. The number of alkyl halides is 1. The molecule has 19 heavy (non-hydrogen) atoms. The zero-order valence-electron chi connectivity index (χ0n) is 12.3. The monoisotopic (exact) mass is 285 g/mol. The number of halogens is 1. The minimum atomic E-state index is 0.0808. The molecule has 0 aliphatic carbocycles. The van der Waals surface area contributed by atoms with Crippen molar-refractivity contribution in [3.8, 4) is 0 Å². The fourth-order valence-electron chi connectivity index (χ4n) is 3.06. The lowest BCUT2D eigenvalue weighted by atomic mass is 10.0. The minimum Gasteiger partial charge on any atom is -0.303 e. The minimum absolute atomic E-state index is 0.0808. The van der Waals surface area contributed by atoms with Crippen LogP contribution in [0.25, 0.3) is 0 Å². The number of hydrogen-bond donors (Lipinski definition) is 2. The van der Waals surface area contributed by atoms with Gasteiger partial charge in [-0.15, -0.1) is 11.6 Å². The van der Waals surface area contributed by atoms with Crippen LogP contribution in [0.15, 0.2) is 11.1 Å². The van der Waals surface area contributed by atoms with Gasteiger partial charge in [-0.1, -0.05) is 12.0 Å². The molecule has 0 radical (unpaired) electrons. The van der Waals surface area contributed by atoms with Crippen LogP contribution in [0.2, 0.25) is 0 Å². The highest BCUT2D eigenvalue weighted by Gasteiger charge is 2.26. The summed E-state index contributed by atoms with van der Waals surface area (Å²) in [6, 6.07) is 0. The van der Waals surface area contributed by atoms with Crippen molar-refractivity contribution in [2.45, 2.75) is 51.1 Å². The van der Waals surface area contributed by atoms with E-state index in [1.54, 1.807) is 0 Å². The Bertz CT molecular complexity index is 301. The summed E-state index contributed by atoms with van der Waals surface area (Å²) in [6.45, 7) is 10.1. The highest BCUT2D eigenvalue weighted by molar-refractivity contribution is 6.23. The predicted octanol–water partition coefficient (Wildman–Crippen LogP) is 2.33. The van der Waals surface area contributed by atoms with Crippen LogP contribution >= 0.6 is 11.6 Å². The largest absolute Gasteiger partial charge is 0.303 e. The van der Waals surface area contributed by atoms with E-state index in [1.807, 2.05) is 0 Å². The summed E-state index contributed by atoms with van der Waals surface area (Å²) in [5.41, 5.74) is 2.80. The number of allylic oxidation sites excluding steroid dienone is 1. The van der Waals surface area contributed by atoms with Crippen molar-refractivity contribution in [3.63, 3.8) is 0 Å². The Balaban J connectivity index is 1.87. The number of piperidine rings is 1. The number of likely N-dealkylation sites (tertiary alicyclic amines) is 1. The van der Waals surface area contributed by atoms with Gasteiger partial charge in [0.05, 0.1) is 11.5 Å². The molecule has 0 aromatic rings. The first-order valence-corrected chi connectivity index (χ1v) is 8.11. The van der Waals surface area contributed by atoms with Gasteiger partial charge in [-0.05, 0) is 51.8 Å². The van der Waals surface area contributed by atoms with E-state index in [9.17, 15) is 0 Å². The predicted molar refractivity (Wildman–Crippen MR) is 82.7 cm³/mol. The molecular weight excluding hydrogens is 258 g/mol. The van der Waals surface area contributed by atoms with Crippen LogP contribution in [0.3, 0.4) is 0 Å². The Morgan fingerprint density at radius 3 is 2.37 bits per heavy atom. The summed E-state index contributed by atoms with van der Waals surface area (Å²) in [5, 5.41) is 6.96. The Hall–Kier alpha value is -0.0900. The van der Waals surface area contributed by atoms with E-state index < -0.39 is 0 Å². The lowest BCUT2D eigenvalue weighted by Gasteiger charge is -2.29. The summed E-state index contributed by atoms with van der Waals surface area (Å²) < 4.78 is 0. The summed E-state index contributed by atoms with van der Waals surface area (Å²) in [4.78, 5) is 2.59. The molecule has 2 fully saturated rings. The van der Waals surface area contributed by atoms with Gasteiger partial charge in [-0.25, -0.2) is 0 Å². The van der Waals surface area contributed by atoms with Crippen molar-refractivity contribution in [1.82, 2.24) is 15.5 Å². The van der Waals surface area contributed by atoms with Gasteiger partial charge in [0.1, 0.15) is 0 Å². The quantitative estimate of drug-likeness (QED) is 0.600. The first kappa shape index (κ1) is 15.3. The number of rotatable bonds is 5. The number of nitrogens with one attached hydrogen (secondary N) is 2. The van der Waals surface area contributed by atoms with Crippen LogP contribution in [0.4, 0.5) is 0 Å². The third-order valence-electron chi connectivity index (χ3n) is 4.27. The number of nitrogens with zero attached hydrogens (tertiary/aromatic N) is 1. The van der Waals surface area contributed by atoms with E-state index in [0.29, 0.717) is 0 Å². The molecule has 0 saturated carbocycles. The van der Waals surface area contributed by atoms with Crippen molar-refractivity contribution < 1.29 is 0 Å². The van der Waals surface area contributed by atoms with Gasteiger partial charge in [0, 0.05) is 19.6 Å². The molecule has 0 aromatic carbocycles. The van der Waals surface area contributed by atoms with Crippen LogP contribution in [0.1, 0.15) is 39.5 Å². The van der Waals surface area contributed by atoms with Crippen molar-refractivity contribution in [1.29, 1.82) is 0 Å². The molecule has 110 valence electrons. The van der Waals surface area contributed by atoms with Crippen LogP contribution < -0.4 is 10.6 Å². The third kappa shape index (κ3) is 4.45. The average molecular weight is 286 g/mol. The van der Waals surface area contributed by atoms with Gasteiger partial charge in [-0.3, -0.25) is 10.6 Å². The summed E-state index contributed by atoms with van der Waals surface area (Å²) >= 11 is 6.66. The molecule has 0 amide bonds. The molecule has 0 aromatic heterocycles. The molecule has 2 N–H and O–H groups in total. The molecule has 2 aliphatic heterocycles. The molecule has 1 atom stereocenters. The highest BCUT2D eigenvalue weighted by atomic mass is 35.5. The van der Waals surface area contributed by atoms with Gasteiger partial charge >= 0.3 is 0 Å². The SMILES string of the molecule is CC(C)=C(CCN1CCCCC1)C(Cl)C1NCCN1. The molecule has 2 heterocycles. The van der Waals surface area contributed by atoms with Gasteiger partial charge in [0.15, 0.2) is 0 Å². The van der Waals surface area contributed by atoms with Crippen molar-refractivity contribution in [2.24, 2.45) is 0 Å². The Labute approximate surface area is 122 Å². The summed E-state index contributed by atoms with van der Waals surface area (Å²) in [5.74, 6) is 0. The van der Waals surface area contributed by atoms with E-state index in [2.05, 4.69) is 29.4 Å². The van der Waals surface area contributed by atoms with Gasteiger partial charge in [0.25, 0.3) is 0 Å². The van der Waals surface area contributed by atoms with Crippen LogP contribution in [-0.2, 0) is 0 Å². The first-order chi connectivity index (χ1) is 9.18. The fraction of sp³-hybridized carbons (Fsp3) is 0.867. The zero-order chi connectivity index (χ0) is 13.7. The molecular formula is C15H28ClN3. The standard InChI is InChI=1S/C15H28ClN3/c1-12(2)13(14(16)15-17-7-8-18-15)6-11-19-9-4-3-5-10-19/h14-15,17-18H,3-11H2,1-2H3. The maximum atomic E-state index is 6.66. The molecule has 1 unspecified atom stereocenters. The van der Waals surface area contributed by atoms with Crippen molar-refractivity contribution in [3.05, 3.63) is 11.1 Å². The number of hydrogen-bond acceptors (Lipinski definition) is 3. The Kier molecular flexibility index (Phi) is 6.14. The Morgan fingerprint density at radius 1 is 1.16 bits per heavy atom. The second-order valence-electron chi connectivity index (χ2n) is 5.97. The molecule has 0 spiro atoms. The Morgan fingerprint density at radius 2 is 1.79 bits per heavy atom. The first-order valence-electron chi connectivity index (χ1n) is 7.68. The van der Waals surface area contributed by atoms with Gasteiger partial charge in [0.2, 0.25) is 0 Å². The third-order valence-corrected chi connectivity index (χ3v) is 4.78. The van der Waals surface area contributed by atoms with Gasteiger partial charge < -0.3 is 4.90 Å². The van der Waals surface area contributed by atoms with Crippen LogP contribution in [0.5, 0.6) is 0 Å². The van der Waals surface area contributed by atoms with Crippen molar-refractivity contribution >= 4 is 11.6 Å². The lowest BCUT2D eigenvalue weighted by molar-refractivity contribution is 0.230. The van der Waals surface area contributed by atoms with Crippen LogP contribution in [0, 0.1) is 0 Å². The smallest absolute Gasteiger partial charge is 0.0833 e. The van der Waals surface area contributed by atoms with E-state index in [4.69, 9.17) is 11.6 Å². The van der Waals surface area contributed by atoms with E-state index >= 15 is 0 Å². The van der Waals surface area contributed by atoms with Crippen molar-refractivity contribution in [2.75, 3.05) is 32.7 Å². The molecule has 2 rings (SSSR count). The molecule has 3 nitrogen and oxygen atoms in total. The topological polar surface area (TPSA) is 27.3 Å². The maximum absolute atomic E-state index is 6.66. The van der Waals surface area contributed by atoms with E-state index in [-0.39, 0.29) is 11.5 Å². The molecule has 2 aliphatic rings. The van der Waals surface area contributed by atoms with Gasteiger partial charge in [-0.2, -0.15) is 0 Å². The van der Waals surface area contributed by atoms with E-state index in [0.717, 1.165) is 26.1 Å². The summed E-state index contributed by atoms with van der Waals surface area (Å²) in [6.07, 6.45) is 5.48. The van der Waals surface area contributed by atoms with E-state index in [1.165, 1.54) is 43.5 Å². The summed E-state index contributed by atoms with van der Waals surface area (Å²) in [7, 11) is 0.